The van der Waals surface area contributed by atoms with Crippen molar-refractivity contribution in [2.75, 3.05) is 13.1 Å². The standard InChI is InChI=1S/C11H18N2O4/c14-10(13-7-1-2-7)6-12-5-8-3-4-9(17-8)11(15)16/h7-9,12H,1-6H2,(H,13,14)(H,15,16). The second kappa shape index (κ2) is 5.46. The third kappa shape index (κ3) is 3.98. The highest BCUT2D eigenvalue weighted by Gasteiger charge is 2.30. The summed E-state index contributed by atoms with van der Waals surface area (Å²) in [6, 6.07) is 0.378. The highest BCUT2D eigenvalue weighted by Crippen LogP contribution is 2.19. The Morgan fingerprint density at radius 1 is 1.24 bits per heavy atom. The first-order chi connectivity index (χ1) is 8.15. The van der Waals surface area contributed by atoms with Crippen LogP contribution in [0.3, 0.4) is 0 Å². The Bertz CT molecular complexity index is 304. The number of aliphatic carboxylic acids is 1. The molecule has 1 aliphatic heterocycles. The van der Waals surface area contributed by atoms with Crippen LogP contribution in [0.4, 0.5) is 0 Å². The zero-order chi connectivity index (χ0) is 12.3. The number of hydrogen-bond acceptors (Lipinski definition) is 4. The molecule has 6 nitrogen and oxygen atoms in total. The summed E-state index contributed by atoms with van der Waals surface area (Å²) >= 11 is 0. The van der Waals surface area contributed by atoms with Gasteiger partial charge in [-0.15, -0.1) is 0 Å². The van der Waals surface area contributed by atoms with E-state index in [2.05, 4.69) is 10.6 Å². The normalized spacial score (nSPS) is 28.0. The SMILES string of the molecule is O=C(CNCC1CCC(C(=O)O)O1)NC1CC1. The van der Waals surface area contributed by atoms with Gasteiger partial charge in [-0.1, -0.05) is 0 Å². The number of carboxylic acid groups (broad SMARTS) is 1. The van der Waals surface area contributed by atoms with Gasteiger partial charge in [-0.05, 0) is 25.7 Å². The molecule has 2 unspecified atom stereocenters. The van der Waals surface area contributed by atoms with E-state index in [-0.39, 0.29) is 18.6 Å². The lowest BCUT2D eigenvalue weighted by Gasteiger charge is -2.12. The molecule has 2 atom stereocenters. The predicted octanol–water partition coefficient (Wildman–Crippen LogP) is -0.513. The summed E-state index contributed by atoms with van der Waals surface area (Å²) in [5.74, 6) is -0.903. The van der Waals surface area contributed by atoms with Crippen LogP contribution in [0.25, 0.3) is 0 Å². The van der Waals surface area contributed by atoms with Crippen molar-refractivity contribution in [3.63, 3.8) is 0 Å². The van der Waals surface area contributed by atoms with Crippen LogP contribution in [0.5, 0.6) is 0 Å². The zero-order valence-corrected chi connectivity index (χ0v) is 9.65. The Morgan fingerprint density at radius 3 is 2.59 bits per heavy atom. The van der Waals surface area contributed by atoms with Gasteiger partial charge in [0, 0.05) is 12.6 Å². The Kier molecular flexibility index (Phi) is 3.96. The van der Waals surface area contributed by atoms with E-state index in [0.717, 1.165) is 19.3 Å². The topological polar surface area (TPSA) is 87.7 Å². The van der Waals surface area contributed by atoms with E-state index < -0.39 is 12.1 Å². The van der Waals surface area contributed by atoms with Gasteiger partial charge in [0.15, 0.2) is 6.10 Å². The maximum absolute atomic E-state index is 11.3. The molecule has 1 heterocycles. The van der Waals surface area contributed by atoms with Gasteiger partial charge in [-0.25, -0.2) is 4.79 Å². The number of nitrogens with one attached hydrogen (secondary N) is 2. The molecule has 3 N–H and O–H groups in total. The maximum Gasteiger partial charge on any atom is 0.332 e. The molecule has 6 heteroatoms. The smallest absolute Gasteiger partial charge is 0.332 e. The molecule has 2 aliphatic rings. The molecular formula is C11H18N2O4. The van der Waals surface area contributed by atoms with Gasteiger partial charge >= 0.3 is 5.97 Å². The average Bonchev–Trinajstić information content (AvgIpc) is 2.94. The van der Waals surface area contributed by atoms with Crippen LogP contribution in [0.2, 0.25) is 0 Å². The number of hydrogen-bond donors (Lipinski definition) is 3. The van der Waals surface area contributed by atoms with Crippen LogP contribution in [0.1, 0.15) is 25.7 Å². The van der Waals surface area contributed by atoms with Crippen molar-refractivity contribution < 1.29 is 19.4 Å². The third-order valence-corrected chi connectivity index (χ3v) is 2.98. The van der Waals surface area contributed by atoms with E-state index in [9.17, 15) is 9.59 Å². The molecule has 1 saturated heterocycles. The summed E-state index contributed by atoms with van der Waals surface area (Å²) < 4.78 is 5.30. The van der Waals surface area contributed by atoms with Crippen molar-refractivity contribution in [3.05, 3.63) is 0 Å². The monoisotopic (exact) mass is 242 g/mol. The quantitative estimate of drug-likeness (QED) is 0.583. The highest BCUT2D eigenvalue weighted by atomic mass is 16.5. The van der Waals surface area contributed by atoms with Gasteiger partial charge in [0.2, 0.25) is 5.91 Å². The fraction of sp³-hybridized carbons (Fsp3) is 0.818. The van der Waals surface area contributed by atoms with Gasteiger partial charge in [-0.2, -0.15) is 0 Å². The highest BCUT2D eigenvalue weighted by molar-refractivity contribution is 5.78. The molecule has 1 aliphatic carbocycles. The van der Waals surface area contributed by atoms with Crippen molar-refractivity contribution in [1.29, 1.82) is 0 Å². The molecule has 0 aromatic rings. The first kappa shape index (κ1) is 12.3. The second-order valence-electron chi connectivity index (χ2n) is 4.64. The molecule has 0 aromatic carbocycles. The van der Waals surface area contributed by atoms with Crippen LogP contribution < -0.4 is 10.6 Å². The van der Waals surface area contributed by atoms with E-state index in [1.807, 2.05) is 0 Å². The number of carbonyl (C=O) groups excluding carboxylic acids is 1. The van der Waals surface area contributed by atoms with Crippen molar-refractivity contribution in [1.82, 2.24) is 10.6 Å². The molecule has 0 radical (unpaired) electrons. The van der Waals surface area contributed by atoms with Gasteiger partial charge in [0.1, 0.15) is 0 Å². The summed E-state index contributed by atoms with van der Waals surface area (Å²) in [5, 5.41) is 14.6. The number of carbonyl (C=O) groups is 2. The summed E-state index contributed by atoms with van der Waals surface area (Å²) in [5.41, 5.74) is 0. The van der Waals surface area contributed by atoms with Crippen LogP contribution in [-0.2, 0) is 14.3 Å². The van der Waals surface area contributed by atoms with Gasteiger partial charge in [0.25, 0.3) is 0 Å². The molecule has 1 amide bonds. The van der Waals surface area contributed by atoms with Crippen molar-refractivity contribution >= 4 is 11.9 Å². The maximum atomic E-state index is 11.3. The predicted molar refractivity (Wildman–Crippen MR) is 59.6 cm³/mol. The van der Waals surface area contributed by atoms with Crippen LogP contribution in [0.15, 0.2) is 0 Å². The number of carboxylic acids is 1. The van der Waals surface area contributed by atoms with Crippen molar-refractivity contribution in [3.8, 4) is 0 Å². The van der Waals surface area contributed by atoms with E-state index in [4.69, 9.17) is 9.84 Å². The summed E-state index contributed by atoms with van der Waals surface area (Å²) in [7, 11) is 0. The lowest BCUT2D eigenvalue weighted by atomic mass is 10.2. The third-order valence-electron chi connectivity index (χ3n) is 2.98. The average molecular weight is 242 g/mol. The largest absolute Gasteiger partial charge is 0.479 e. The molecule has 96 valence electrons. The Labute approximate surface area is 99.7 Å². The number of amides is 1. The zero-order valence-electron chi connectivity index (χ0n) is 9.65. The minimum Gasteiger partial charge on any atom is -0.479 e. The Balaban J connectivity index is 1.56. The molecule has 2 rings (SSSR count). The molecule has 2 fully saturated rings. The molecule has 17 heavy (non-hydrogen) atoms. The first-order valence-corrected chi connectivity index (χ1v) is 6.03. The van der Waals surface area contributed by atoms with E-state index in [1.165, 1.54) is 0 Å². The minimum absolute atomic E-state index is 0.000261. The first-order valence-electron chi connectivity index (χ1n) is 6.03. The van der Waals surface area contributed by atoms with Crippen molar-refractivity contribution in [2.45, 2.75) is 43.9 Å². The minimum atomic E-state index is -0.904. The lowest BCUT2D eigenvalue weighted by Crippen LogP contribution is -2.38. The van der Waals surface area contributed by atoms with Crippen molar-refractivity contribution in [2.24, 2.45) is 0 Å². The fourth-order valence-corrected chi connectivity index (χ4v) is 1.89. The Hall–Kier alpha value is -1.14. The molecule has 0 aromatic heterocycles. The molecule has 1 saturated carbocycles. The number of ether oxygens (including phenoxy) is 1. The second-order valence-corrected chi connectivity index (χ2v) is 4.64. The summed E-state index contributed by atoms with van der Waals surface area (Å²) in [4.78, 5) is 22.0. The molecule has 0 bridgehead atoms. The Morgan fingerprint density at radius 2 is 2.00 bits per heavy atom. The van der Waals surface area contributed by atoms with E-state index in [0.29, 0.717) is 19.0 Å². The van der Waals surface area contributed by atoms with E-state index in [1.54, 1.807) is 0 Å². The number of rotatable bonds is 6. The van der Waals surface area contributed by atoms with Crippen LogP contribution >= 0.6 is 0 Å². The molecular weight excluding hydrogens is 224 g/mol. The van der Waals surface area contributed by atoms with Crippen LogP contribution in [0, 0.1) is 0 Å². The van der Waals surface area contributed by atoms with Gasteiger partial charge in [0.05, 0.1) is 12.6 Å². The van der Waals surface area contributed by atoms with E-state index >= 15 is 0 Å². The lowest BCUT2D eigenvalue weighted by molar-refractivity contribution is -0.149. The summed E-state index contributed by atoms with van der Waals surface area (Å²) in [6.07, 6.45) is 2.67. The van der Waals surface area contributed by atoms with Gasteiger partial charge < -0.3 is 20.5 Å². The fourth-order valence-electron chi connectivity index (χ4n) is 1.89. The van der Waals surface area contributed by atoms with Crippen LogP contribution in [-0.4, -0.2) is 48.3 Å². The summed E-state index contributed by atoms with van der Waals surface area (Å²) in [6.45, 7) is 0.802. The van der Waals surface area contributed by atoms with Gasteiger partial charge in [-0.3, -0.25) is 4.79 Å². The molecule has 0 spiro atoms.